The summed E-state index contributed by atoms with van der Waals surface area (Å²) in [7, 11) is 0. The molecule has 0 unspecified atom stereocenters. The number of amides is 1. The fraction of sp³-hybridized carbons (Fsp3) is 0.240. The average molecular weight is 399 g/mol. The summed E-state index contributed by atoms with van der Waals surface area (Å²) in [6, 6.07) is 22.1. The number of rotatable bonds is 8. The predicted octanol–water partition coefficient (Wildman–Crippen LogP) is 4.21. The molecule has 0 aliphatic carbocycles. The first-order chi connectivity index (χ1) is 14.7. The first-order valence-electron chi connectivity index (χ1n) is 10.5. The molecule has 0 atom stereocenters. The lowest BCUT2D eigenvalue weighted by molar-refractivity contribution is 0.0952. The highest BCUT2D eigenvalue weighted by molar-refractivity contribution is 5.94. The van der Waals surface area contributed by atoms with Gasteiger partial charge in [-0.15, -0.1) is 0 Å². The van der Waals surface area contributed by atoms with Gasteiger partial charge in [0.1, 0.15) is 11.3 Å². The molecule has 5 heteroatoms. The third-order valence-corrected chi connectivity index (χ3v) is 5.31. The molecular weight excluding hydrogens is 372 g/mol. The SMILES string of the molecule is CCc1ccc(C(=O)NCCn2c(CCc3ccccc3)nc3cccnc32)cc1. The Morgan fingerprint density at radius 3 is 2.50 bits per heavy atom. The van der Waals surface area contributed by atoms with Crippen molar-refractivity contribution < 1.29 is 4.79 Å². The van der Waals surface area contributed by atoms with Crippen LogP contribution in [0.2, 0.25) is 0 Å². The Morgan fingerprint density at radius 1 is 0.933 bits per heavy atom. The van der Waals surface area contributed by atoms with Crippen LogP contribution < -0.4 is 5.32 Å². The van der Waals surface area contributed by atoms with E-state index < -0.39 is 0 Å². The maximum absolute atomic E-state index is 12.5. The number of benzene rings is 2. The normalized spacial score (nSPS) is 11.0. The van der Waals surface area contributed by atoms with E-state index in [2.05, 4.69) is 46.1 Å². The molecule has 0 spiro atoms. The van der Waals surface area contributed by atoms with Gasteiger partial charge in [0.15, 0.2) is 5.65 Å². The van der Waals surface area contributed by atoms with E-state index in [4.69, 9.17) is 4.98 Å². The van der Waals surface area contributed by atoms with Crippen LogP contribution in [0.5, 0.6) is 0 Å². The number of nitrogens with zero attached hydrogens (tertiary/aromatic N) is 3. The van der Waals surface area contributed by atoms with Crippen molar-refractivity contribution >= 4 is 17.1 Å². The number of hydrogen-bond donors (Lipinski definition) is 1. The Labute approximate surface area is 176 Å². The van der Waals surface area contributed by atoms with Gasteiger partial charge in [0.05, 0.1) is 0 Å². The number of fused-ring (bicyclic) bond motifs is 1. The van der Waals surface area contributed by atoms with Crippen LogP contribution in [-0.4, -0.2) is 27.0 Å². The number of imidazole rings is 1. The van der Waals surface area contributed by atoms with Gasteiger partial charge in [-0.25, -0.2) is 9.97 Å². The van der Waals surface area contributed by atoms with E-state index in [0.29, 0.717) is 18.7 Å². The molecule has 0 fully saturated rings. The number of aryl methyl sites for hydroxylation is 3. The summed E-state index contributed by atoms with van der Waals surface area (Å²) < 4.78 is 2.12. The fourth-order valence-corrected chi connectivity index (χ4v) is 3.61. The molecule has 0 aliphatic rings. The van der Waals surface area contributed by atoms with E-state index in [-0.39, 0.29) is 5.91 Å². The number of aromatic nitrogens is 3. The third kappa shape index (κ3) is 4.57. The number of hydrogen-bond acceptors (Lipinski definition) is 3. The number of nitrogens with one attached hydrogen (secondary N) is 1. The molecule has 5 nitrogen and oxygen atoms in total. The van der Waals surface area contributed by atoms with Gasteiger partial charge < -0.3 is 9.88 Å². The van der Waals surface area contributed by atoms with Gasteiger partial charge in [-0.1, -0.05) is 49.4 Å². The van der Waals surface area contributed by atoms with Crippen molar-refractivity contribution in [2.45, 2.75) is 32.7 Å². The second-order valence-electron chi connectivity index (χ2n) is 7.32. The molecule has 2 aromatic heterocycles. The van der Waals surface area contributed by atoms with Crippen molar-refractivity contribution in [2.24, 2.45) is 0 Å². The maximum Gasteiger partial charge on any atom is 0.251 e. The Kier molecular flexibility index (Phi) is 6.18. The zero-order chi connectivity index (χ0) is 20.8. The zero-order valence-corrected chi connectivity index (χ0v) is 17.2. The van der Waals surface area contributed by atoms with Crippen LogP contribution in [0.15, 0.2) is 72.9 Å². The molecule has 30 heavy (non-hydrogen) atoms. The monoisotopic (exact) mass is 398 g/mol. The van der Waals surface area contributed by atoms with E-state index >= 15 is 0 Å². The standard InChI is InChI=1S/C25H26N4O/c1-2-19-10-13-21(14-11-19)25(30)27-17-18-29-23(15-12-20-7-4-3-5-8-20)28-22-9-6-16-26-24(22)29/h3-11,13-14,16H,2,12,15,17-18H2,1H3,(H,27,30). The largest absolute Gasteiger partial charge is 0.350 e. The lowest BCUT2D eigenvalue weighted by Gasteiger charge is -2.10. The van der Waals surface area contributed by atoms with Crippen molar-refractivity contribution in [3.8, 4) is 0 Å². The van der Waals surface area contributed by atoms with Gasteiger partial charge in [0.2, 0.25) is 0 Å². The second kappa shape index (κ2) is 9.35. The van der Waals surface area contributed by atoms with Crippen molar-refractivity contribution in [3.05, 3.63) is 95.4 Å². The van der Waals surface area contributed by atoms with Gasteiger partial charge >= 0.3 is 0 Å². The van der Waals surface area contributed by atoms with Gasteiger partial charge in [0.25, 0.3) is 5.91 Å². The molecule has 0 bridgehead atoms. The molecule has 0 saturated carbocycles. The minimum absolute atomic E-state index is 0.0548. The summed E-state index contributed by atoms with van der Waals surface area (Å²) in [4.78, 5) is 21.8. The van der Waals surface area contributed by atoms with Gasteiger partial charge in [-0.2, -0.15) is 0 Å². The molecule has 4 rings (SSSR count). The van der Waals surface area contributed by atoms with Crippen LogP contribution in [0.3, 0.4) is 0 Å². The van der Waals surface area contributed by atoms with Crippen molar-refractivity contribution in [1.82, 2.24) is 19.9 Å². The molecule has 0 aliphatic heterocycles. The topological polar surface area (TPSA) is 59.8 Å². The van der Waals surface area contributed by atoms with Crippen LogP contribution in [0.1, 0.15) is 34.2 Å². The maximum atomic E-state index is 12.5. The zero-order valence-electron chi connectivity index (χ0n) is 17.2. The van der Waals surface area contributed by atoms with E-state index in [0.717, 1.165) is 36.3 Å². The molecule has 2 heterocycles. The van der Waals surface area contributed by atoms with Gasteiger partial charge in [0, 0.05) is 31.3 Å². The average Bonchev–Trinajstić information content (AvgIpc) is 3.16. The van der Waals surface area contributed by atoms with E-state index in [1.165, 1.54) is 11.1 Å². The number of carbonyl (C=O) groups is 1. The number of carbonyl (C=O) groups excluding carboxylic acids is 1. The summed E-state index contributed by atoms with van der Waals surface area (Å²) in [5.41, 5.74) is 4.95. The molecule has 152 valence electrons. The van der Waals surface area contributed by atoms with E-state index in [1.54, 1.807) is 6.20 Å². The highest BCUT2D eigenvalue weighted by Crippen LogP contribution is 2.15. The molecule has 0 radical (unpaired) electrons. The van der Waals surface area contributed by atoms with Crippen LogP contribution >= 0.6 is 0 Å². The third-order valence-electron chi connectivity index (χ3n) is 5.31. The minimum Gasteiger partial charge on any atom is -0.350 e. The van der Waals surface area contributed by atoms with Gasteiger partial charge in [-0.3, -0.25) is 4.79 Å². The Hall–Kier alpha value is -3.47. The second-order valence-corrected chi connectivity index (χ2v) is 7.32. The predicted molar refractivity (Wildman–Crippen MR) is 120 cm³/mol. The Bertz CT molecular complexity index is 1120. The van der Waals surface area contributed by atoms with Crippen LogP contribution in [0, 0.1) is 0 Å². The van der Waals surface area contributed by atoms with Crippen LogP contribution in [-0.2, 0) is 25.8 Å². The first-order valence-corrected chi connectivity index (χ1v) is 10.5. The summed E-state index contributed by atoms with van der Waals surface area (Å²) in [5, 5.41) is 3.03. The van der Waals surface area contributed by atoms with E-state index in [9.17, 15) is 4.79 Å². The first kappa shape index (κ1) is 19.8. The molecule has 1 amide bonds. The minimum atomic E-state index is -0.0548. The summed E-state index contributed by atoms with van der Waals surface area (Å²) >= 11 is 0. The van der Waals surface area contributed by atoms with Crippen LogP contribution in [0.4, 0.5) is 0 Å². The quantitative estimate of drug-likeness (QED) is 0.484. The van der Waals surface area contributed by atoms with E-state index in [1.807, 2.05) is 42.5 Å². The van der Waals surface area contributed by atoms with Crippen molar-refractivity contribution in [1.29, 1.82) is 0 Å². The lowest BCUT2D eigenvalue weighted by atomic mass is 10.1. The highest BCUT2D eigenvalue weighted by atomic mass is 16.1. The number of pyridine rings is 1. The molecule has 4 aromatic rings. The Morgan fingerprint density at radius 2 is 1.73 bits per heavy atom. The molecule has 2 aromatic carbocycles. The molecular formula is C25H26N4O. The smallest absolute Gasteiger partial charge is 0.251 e. The summed E-state index contributed by atoms with van der Waals surface area (Å²) in [6.07, 6.45) is 4.50. The molecule has 1 N–H and O–H groups in total. The highest BCUT2D eigenvalue weighted by Gasteiger charge is 2.12. The van der Waals surface area contributed by atoms with Crippen molar-refractivity contribution in [3.63, 3.8) is 0 Å². The summed E-state index contributed by atoms with van der Waals surface area (Å²) in [6.45, 7) is 3.26. The fourth-order valence-electron chi connectivity index (χ4n) is 3.61. The van der Waals surface area contributed by atoms with Crippen molar-refractivity contribution in [2.75, 3.05) is 6.54 Å². The summed E-state index contributed by atoms with van der Waals surface area (Å²) in [5.74, 6) is 0.940. The lowest BCUT2D eigenvalue weighted by Crippen LogP contribution is -2.27. The van der Waals surface area contributed by atoms with Crippen LogP contribution in [0.25, 0.3) is 11.2 Å². The van der Waals surface area contributed by atoms with Gasteiger partial charge in [-0.05, 0) is 48.2 Å². The molecule has 0 saturated heterocycles. The Balaban J connectivity index is 1.45.